The summed E-state index contributed by atoms with van der Waals surface area (Å²) in [6, 6.07) is 5.85. The SMILES string of the molecule is COc1cc(NC(=O)c2cc(C(C)C)on2)ccc1C(=O)O. The number of benzene rings is 1. The predicted molar refractivity (Wildman–Crippen MR) is 78.5 cm³/mol. The van der Waals surface area contributed by atoms with Crippen molar-refractivity contribution in [1.29, 1.82) is 0 Å². The largest absolute Gasteiger partial charge is 0.496 e. The molecule has 0 fully saturated rings. The van der Waals surface area contributed by atoms with Gasteiger partial charge >= 0.3 is 5.97 Å². The van der Waals surface area contributed by atoms with Crippen LogP contribution < -0.4 is 10.1 Å². The van der Waals surface area contributed by atoms with Crippen LogP contribution in [0.3, 0.4) is 0 Å². The third kappa shape index (κ3) is 3.25. The average molecular weight is 304 g/mol. The Bertz CT molecular complexity index is 706. The summed E-state index contributed by atoms with van der Waals surface area (Å²) in [4.78, 5) is 23.1. The second kappa shape index (κ2) is 6.30. The molecule has 0 aliphatic rings. The monoisotopic (exact) mass is 304 g/mol. The molecule has 116 valence electrons. The fourth-order valence-electron chi connectivity index (χ4n) is 1.81. The number of aromatic nitrogens is 1. The Morgan fingerprint density at radius 3 is 2.59 bits per heavy atom. The zero-order valence-electron chi connectivity index (χ0n) is 12.4. The van der Waals surface area contributed by atoms with Crippen LogP contribution in [0, 0.1) is 0 Å². The molecule has 1 heterocycles. The molecule has 1 aromatic heterocycles. The van der Waals surface area contributed by atoms with Crippen LogP contribution in [0.15, 0.2) is 28.8 Å². The van der Waals surface area contributed by atoms with Crippen molar-refractivity contribution in [2.24, 2.45) is 0 Å². The van der Waals surface area contributed by atoms with Gasteiger partial charge in [-0.1, -0.05) is 19.0 Å². The van der Waals surface area contributed by atoms with Gasteiger partial charge in [0.25, 0.3) is 5.91 Å². The Kier molecular flexibility index (Phi) is 4.45. The van der Waals surface area contributed by atoms with Crippen LogP contribution in [0.4, 0.5) is 5.69 Å². The lowest BCUT2D eigenvalue weighted by atomic mass is 10.1. The number of amides is 1. The molecule has 0 aliphatic carbocycles. The quantitative estimate of drug-likeness (QED) is 0.880. The molecule has 0 spiro atoms. The van der Waals surface area contributed by atoms with Crippen LogP contribution in [0.5, 0.6) is 5.75 Å². The van der Waals surface area contributed by atoms with Crippen LogP contribution in [-0.2, 0) is 0 Å². The van der Waals surface area contributed by atoms with Crippen molar-refractivity contribution in [2.45, 2.75) is 19.8 Å². The number of nitrogens with one attached hydrogen (secondary N) is 1. The highest BCUT2D eigenvalue weighted by atomic mass is 16.5. The zero-order valence-corrected chi connectivity index (χ0v) is 12.4. The summed E-state index contributed by atoms with van der Waals surface area (Å²) in [5, 5.41) is 15.3. The molecule has 2 rings (SSSR count). The van der Waals surface area contributed by atoms with Gasteiger partial charge in [0.15, 0.2) is 5.69 Å². The Morgan fingerprint density at radius 2 is 2.05 bits per heavy atom. The van der Waals surface area contributed by atoms with Gasteiger partial charge in [-0.2, -0.15) is 0 Å². The average Bonchev–Trinajstić information content (AvgIpc) is 2.97. The minimum absolute atomic E-state index is 0.0176. The maximum absolute atomic E-state index is 12.1. The Balaban J connectivity index is 2.19. The molecule has 0 unspecified atom stereocenters. The van der Waals surface area contributed by atoms with Crippen molar-refractivity contribution in [3.8, 4) is 5.75 Å². The molecular weight excluding hydrogens is 288 g/mol. The fourth-order valence-corrected chi connectivity index (χ4v) is 1.81. The lowest BCUT2D eigenvalue weighted by Gasteiger charge is -2.08. The minimum atomic E-state index is -1.10. The van der Waals surface area contributed by atoms with Crippen LogP contribution in [0.1, 0.15) is 46.4 Å². The summed E-state index contributed by atoms with van der Waals surface area (Å²) in [6.07, 6.45) is 0. The second-order valence-corrected chi connectivity index (χ2v) is 4.94. The number of anilines is 1. The van der Waals surface area contributed by atoms with Crippen molar-refractivity contribution >= 4 is 17.6 Å². The number of carbonyl (C=O) groups excluding carboxylic acids is 1. The maximum atomic E-state index is 12.1. The van der Waals surface area contributed by atoms with E-state index in [1.807, 2.05) is 13.8 Å². The van der Waals surface area contributed by atoms with Crippen molar-refractivity contribution in [3.63, 3.8) is 0 Å². The van der Waals surface area contributed by atoms with Gasteiger partial charge < -0.3 is 19.7 Å². The number of carboxylic acids is 1. The topological polar surface area (TPSA) is 102 Å². The predicted octanol–water partition coefficient (Wildman–Crippen LogP) is 2.76. The number of ether oxygens (including phenoxy) is 1. The summed E-state index contributed by atoms with van der Waals surface area (Å²) in [6.45, 7) is 3.86. The molecular formula is C15H16N2O5. The number of carboxylic acid groups (broad SMARTS) is 1. The Labute approximate surface area is 126 Å². The van der Waals surface area contributed by atoms with Crippen molar-refractivity contribution in [3.05, 3.63) is 41.3 Å². The fraction of sp³-hybridized carbons (Fsp3) is 0.267. The first-order valence-corrected chi connectivity index (χ1v) is 6.61. The highest BCUT2D eigenvalue weighted by Crippen LogP contribution is 2.24. The smallest absolute Gasteiger partial charge is 0.339 e. The summed E-state index contributed by atoms with van der Waals surface area (Å²) >= 11 is 0. The van der Waals surface area contributed by atoms with E-state index in [4.69, 9.17) is 14.4 Å². The summed E-state index contributed by atoms with van der Waals surface area (Å²) in [5.74, 6) is -0.644. The molecule has 0 aliphatic heterocycles. The van der Waals surface area contributed by atoms with Crippen LogP contribution >= 0.6 is 0 Å². The number of nitrogens with zero attached hydrogens (tertiary/aromatic N) is 1. The molecule has 7 heteroatoms. The molecule has 2 aromatic rings. The van der Waals surface area contributed by atoms with Gasteiger partial charge in [-0.25, -0.2) is 4.79 Å². The number of aromatic carboxylic acids is 1. The molecule has 22 heavy (non-hydrogen) atoms. The van der Waals surface area contributed by atoms with Gasteiger partial charge in [-0.3, -0.25) is 4.79 Å². The van der Waals surface area contributed by atoms with Gasteiger partial charge in [-0.15, -0.1) is 0 Å². The maximum Gasteiger partial charge on any atom is 0.339 e. The van der Waals surface area contributed by atoms with Crippen molar-refractivity contribution in [2.75, 3.05) is 12.4 Å². The molecule has 0 saturated carbocycles. The zero-order chi connectivity index (χ0) is 16.3. The summed E-state index contributed by atoms with van der Waals surface area (Å²) in [7, 11) is 1.36. The standard InChI is InChI=1S/C15H16N2O5/c1-8(2)12-7-11(17-22-12)14(18)16-9-4-5-10(15(19)20)13(6-9)21-3/h4-8H,1-3H3,(H,16,18)(H,19,20). The van der Waals surface area contributed by atoms with E-state index < -0.39 is 11.9 Å². The van der Waals surface area contributed by atoms with E-state index in [0.29, 0.717) is 11.4 Å². The lowest BCUT2D eigenvalue weighted by molar-refractivity contribution is 0.0693. The van der Waals surface area contributed by atoms with Gasteiger partial charge in [0.05, 0.1) is 7.11 Å². The minimum Gasteiger partial charge on any atom is -0.496 e. The van der Waals surface area contributed by atoms with Gasteiger partial charge in [-0.05, 0) is 12.1 Å². The Morgan fingerprint density at radius 1 is 1.32 bits per heavy atom. The highest BCUT2D eigenvalue weighted by molar-refractivity contribution is 6.03. The van der Waals surface area contributed by atoms with Gasteiger partial charge in [0, 0.05) is 23.7 Å². The van der Waals surface area contributed by atoms with Crippen molar-refractivity contribution < 1.29 is 24.0 Å². The van der Waals surface area contributed by atoms with E-state index in [1.54, 1.807) is 6.07 Å². The first kappa shape index (κ1) is 15.6. The van der Waals surface area contributed by atoms with E-state index in [1.165, 1.54) is 25.3 Å². The van der Waals surface area contributed by atoms with Crippen LogP contribution in [0.2, 0.25) is 0 Å². The first-order chi connectivity index (χ1) is 10.4. The number of hydrogen-bond acceptors (Lipinski definition) is 5. The van der Waals surface area contributed by atoms with Crippen molar-refractivity contribution in [1.82, 2.24) is 5.16 Å². The van der Waals surface area contributed by atoms with E-state index >= 15 is 0 Å². The highest BCUT2D eigenvalue weighted by Gasteiger charge is 2.16. The summed E-state index contributed by atoms with van der Waals surface area (Å²) in [5.41, 5.74) is 0.579. The molecule has 1 amide bonds. The van der Waals surface area contributed by atoms with Gasteiger partial charge in [0.1, 0.15) is 17.1 Å². The lowest BCUT2D eigenvalue weighted by Crippen LogP contribution is -2.12. The van der Waals surface area contributed by atoms with Gasteiger partial charge in [0.2, 0.25) is 0 Å². The molecule has 2 N–H and O–H groups in total. The number of methoxy groups -OCH3 is 1. The molecule has 0 radical (unpaired) electrons. The van der Waals surface area contributed by atoms with Crippen LogP contribution in [0.25, 0.3) is 0 Å². The second-order valence-electron chi connectivity index (χ2n) is 4.94. The number of hydrogen-bond donors (Lipinski definition) is 2. The normalized spacial score (nSPS) is 10.5. The van der Waals surface area contributed by atoms with E-state index in [0.717, 1.165) is 0 Å². The number of carbonyl (C=O) groups is 2. The number of rotatable bonds is 5. The third-order valence-electron chi connectivity index (χ3n) is 3.02. The summed E-state index contributed by atoms with van der Waals surface area (Å²) < 4.78 is 10.1. The van der Waals surface area contributed by atoms with E-state index in [2.05, 4.69) is 10.5 Å². The molecule has 7 nitrogen and oxygen atoms in total. The molecule has 0 saturated heterocycles. The molecule has 1 aromatic carbocycles. The van der Waals surface area contributed by atoms with E-state index in [9.17, 15) is 9.59 Å². The molecule has 0 atom stereocenters. The third-order valence-corrected chi connectivity index (χ3v) is 3.02. The first-order valence-electron chi connectivity index (χ1n) is 6.61. The molecule has 0 bridgehead atoms. The van der Waals surface area contributed by atoms with Crippen LogP contribution in [-0.4, -0.2) is 29.2 Å². The van der Waals surface area contributed by atoms with E-state index in [-0.39, 0.29) is 22.9 Å². The Hall–Kier alpha value is -2.83.